The minimum Gasteiger partial charge on any atom is -0.444 e. The molecule has 2 fully saturated rings. The number of nitrogens with zero attached hydrogens (tertiary/aromatic N) is 4. The average Bonchev–Trinajstić information content (AvgIpc) is 3.72. The maximum atomic E-state index is 14.2. The highest BCUT2D eigenvalue weighted by atomic mass is 16.6. The molecule has 20 heteroatoms. The van der Waals surface area contributed by atoms with Crippen molar-refractivity contribution in [2.24, 2.45) is 11.8 Å². The molecule has 4 rings (SSSR count). The third-order valence-corrected chi connectivity index (χ3v) is 11.3. The number of carbonyl (C=O) groups excluding carboxylic acids is 9. The fourth-order valence-electron chi connectivity index (χ4n) is 7.94. The summed E-state index contributed by atoms with van der Waals surface area (Å²) in [5.74, 6) is -7.18. The maximum Gasteiger partial charge on any atom is 0.410 e. The third kappa shape index (κ3) is 15.3. The van der Waals surface area contributed by atoms with Crippen LogP contribution in [0.2, 0.25) is 0 Å². The largest absolute Gasteiger partial charge is 0.444 e. The molecule has 0 radical (unpaired) electrons. The van der Waals surface area contributed by atoms with Crippen LogP contribution in [0.3, 0.4) is 0 Å². The zero-order valence-electron chi connectivity index (χ0n) is 39.0. The molecule has 1 aliphatic carbocycles. The van der Waals surface area contributed by atoms with Gasteiger partial charge in [0.05, 0.1) is 30.7 Å². The Kier molecular flexibility index (Phi) is 19.5. The molecule has 1 saturated carbocycles. The lowest BCUT2D eigenvalue weighted by molar-refractivity contribution is -0.141. The Balaban J connectivity index is 1.48. The number of hydrogen-bond acceptors (Lipinski definition) is 12. The number of likely N-dealkylation sites (N-methyl/N-ethyl adjacent to an activating group) is 1. The summed E-state index contributed by atoms with van der Waals surface area (Å²) in [5, 5.41) is 16.0. The minimum absolute atomic E-state index is 0.0343. The van der Waals surface area contributed by atoms with Gasteiger partial charge in [-0.05, 0) is 57.9 Å². The van der Waals surface area contributed by atoms with Crippen LogP contribution >= 0.6 is 0 Å². The van der Waals surface area contributed by atoms with Gasteiger partial charge in [0.15, 0.2) is 0 Å². The van der Waals surface area contributed by atoms with Gasteiger partial charge in [0.25, 0.3) is 11.8 Å². The van der Waals surface area contributed by atoms with Crippen LogP contribution < -0.4 is 31.9 Å². The van der Waals surface area contributed by atoms with Gasteiger partial charge < -0.3 is 46.4 Å². The van der Waals surface area contributed by atoms with E-state index in [1.807, 2.05) is 6.92 Å². The monoisotopic (exact) mass is 918 g/mol. The zero-order chi connectivity index (χ0) is 48.6. The predicted molar refractivity (Wildman–Crippen MR) is 241 cm³/mol. The van der Waals surface area contributed by atoms with Crippen LogP contribution in [0.1, 0.15) is 114 Å². The number of hydrogen-bond donors (Lipinski definition) is 6. The van der Waals surface area contributed by atoms with Crippen LogP contribution in [0.4, 0.5) is 4.79 Å². The molecular formula is C46H66N10O10. The quantitative estimate of drug-likeness (QED) is 0.104. The van der Waals surface area contributed by atoms with Crippen molar-refractivity contribution < 1.29 is 47.9 Å². The number of ether oxygens (including phenoxy) is 1. The Labute approximate surface area is 385 Å². The molecule has 8 amide bonds. The molecule has 1 aliphatic heterocycles. The van der Waals surface area contributed by atoms with Gasteiger partial charge in [-0.2, -0.15) is 0 Å². The van der Waals surface area contributed by atoms with Crippen molar-refractivity contribution in [2.75, 3.05) is 33.7 Å². The second kappa shape index (κ2) is 24.7. The van der Waals surface area contributed by atoms with Crippen molar-refractivity contribution in [1.29, 1.82) is 0 Å². The second-order valence-corrected chi connectivity index (χ2v) is 17.9. The van der Waals surface area contributed by atoms with Crippen LogP contribution in [-0.2, 0) is 38.3 Å². The van der Waals surface area contributed by atoms with Gasteiger partial charge in [-0.15, -0.1) is 0 Å². The summed E-state index contributed by atoms with van der Waals surface area (Å²) in [4.78, 5) is 132. The Morgan fingerprint density at radius 3 is 2.09 bits per heavy atom. The molecule has 2 aromatic rings. The molecule has 0 spiro atoms. The number of likely N-dealkylation sites (tertiary alicyclic amines) is 1. The molecule has 2 heterocycles. The van der Waals surface area contributed by atoms with Gasteiger partial charge >= 0.3 is 6.09 Å². The second-order valence-electron chi connectivity index (χ2n) is 17.9. The number of carbonyl (C=O) groups is 9. The standard InChI is InChI=1S/C46H66N10O10/c1-8-16-31(38(58)43(63)49-25-35(57)53-37(44(64)55(6)7)29-20-14-11-15-21-29)50-39(59)30-26-56(45(65)66-46(3,4)5)27-34(30)52-40(60)32(17-9-2)51-42(62)36(28-18-12-10-13-19-28)54-41(61)33-24-47-22-23-48-33/h11,14-15,20-24,28,30-32,34,36-37H,8-10,12-13,16-19,25-27H2,1-7H3,(H,49,63)(H,50,59)(H,51,62)(H,52,60)(H,53,57)(H,54,61)/t30?,31-,32-,34?,36-,37-/m0/s1. The van der Waals surface area contributed by atoms with Crippen LogP contribution in [0, 0.1) is 11.8 Å². The Bertz CT molecular complexity index is 2020. The minimum atomic E-state index is -1.34. The van der Waals surface area contributed by atoms with Crippen molar-refractivity contribution in [3.8, 4) is 0 Å². The Morgan fingerprint density at radius 1 is 0.818 bits per heavy atom. The number of benzene rings is 1. The number of nitrogens with one attached hydrogen (secondary N) is 6. The molecule has 1 saturated heterocycles. The van der Waals surface area contributed by atoms with Crippen LogP contribution in [0.25, 0.3) is 0 Å². The van der Waals surface area contributed by atoms with E-state index in [2.05, 4.69) is 41.9 Å². The van der Waals surface area contributed by atoms with Gasteiger partial charge in [-0.1, -0.05) is 76.3 Å². The number of aromatic nitrogens is 2. The molecule has 2 aliphatic rings. The Hall–Kier alpha value is -6.47. The van der Waals surface area contributed by atoms with Gasteiger partial charge in [0.2, 0.25) is 35.3 Å². The first-order chi connectivity index (χ1) is 31.3. The van der Waals surface area contributed by atoms with Crippen molar-refractivity contribution in [3.05, 3.63) is 60.2 Å². The Morgan fingerprint density at radius 2 is 1.48 bits per heavy atom. The lowest BCUT2D eigenvalue weighted by atomic mass is 9.83. The zero-order valence-corrected chi connectivity index (χ0v) is 39.0. The van der Waals surface area contributed by atoms with E-state index < -0.39 is 101 Å². The lowest BCUT2D eigenvalue weighted by Crippen LogP contribution is -2.58. The summed E-state index contributed by atoms with van der Waals surface area (Å²) in [6.45, 7) is 7.59. The SMILES string of the molecule is CCC[C@H](NC(=O)[C@@H](NC(=O)c1cnccn1)C1CCCCC1)C(=O)NC1CN(C(=O)OC(C)(C)C)CC1C(=O)N[C@@H](CCC)C(=O)C(=O)NCC(=O)N[C@H](C(=O)N(C)C)c1ccccc1. The predicted octanol–water partition coefficient (Wildman–Crippen LogP) is 1.71. The smallest absolute Gasteiger partial charge is 0.410 e. The third-order valence-electron chi connectivity index (χ3n) is 11.3. The lowest BCUT2D eigenvalue weighted by Gasteiger charge is -2.31. The van der Waals surface area contributed by atoms with E-state index in [1.54, 1.807) is 58.0 Å². The van der Waals surface area contributed by atoms with Crippen molar-refractivity contribution in [1.82, 2.24) is 51.7 Å². The van der Waals surface area contributed by atoms with Gasteiger partial charge in [0, 0.05) is 39.6 Å². The van der Waals surface area contributed by atoms with E-state index in [4.69, 9.17) is 4.74 Å². The molecular weight excluding hydrogens is 853 g/mol. The summed E-state index contributed by atoms with van der Waals surface area (Å²) in [7, 11) is 3.07. The first kappa shape index (κ1) is 52.2. The number of Topliss-reactive ketones (excluding diaryl/α,β-unsaturated/α-hetero) is 1. The summed E-state index contributed by atoms with van der Waals surface area (Å²) in [5.41, 5.74) is -0.344. The maximum absolute atomic E-state index is 14.2. The molecule has 1 aromatic heterocycles. The van der Waals surface area contributed by atoms with E-state index >= 15 is 0 Å². The molecule has 20 nitrogen and oxygen atoms in total. The van der Waals surface area contributed by atoms with E-state index in [0.717, 1.165) is 19.3 Å². The molecule has 6 N–H and O–H groups in total. The van der Waals surface area contributed by atoms with Crippen molar-refractivity contribution in [3.63, 3.8) is 0 Å². The summed E-state index contributed by atoms with van der Waals surface area (Å²) >= 11 is 0. The molecule has 0 bridgehead atoms. The molecule has 6 atom stereocenters. The molecule has 2 unspecified atom stereocenters. The first-order valence-electron chi connectivity index (χ1n) is 22.7. The highest BCUT2D eigenvalue weighted by molar-refractivity contribution is 6.38. The number of amides is 8. The topological polar surface area (TPSA) is 267 Å². The van der Waals surface area contributed by atoms with Gasteiger partial charge in [-0.25, -0.2) is 9.78 Å². The van der Waals surface area contributed by atoms with E-state index in [1.165, 1.54) is 42.5 Å². The van der Waals surface area contributed by atoms with Crippen LogP contribution in [-0.4, -0.2) is 136 Å². The first-order valence-corrected chi connectivity index (χ1v) is 22.7. The summed E-state index contributed by atoms with van der Waals surface area (Å²) < 4.78 is 5.58. The molecule has 66 heavy (non-hydrogen) atoms. The van der Waals surface area contributed by atoms with Crippen LogP contribution in [0.15, 0.2) is 48.9 Å². The molecule has 1 aromatic carbocycles. The summed E-state index contributed by atoms with van der Waals surface area (Å²) in [6, 6.07) is 3.02. The molecule has 360 valence electrons. The highest BCUT2D eigenvalue weighted by Gasteiger charge is 2.44. The van der Waals surface area contributed by atoms with E-state index in [-0.39, 0.29) is 37.5 Å². The van der Waals surface area contributed by atoms with Crippen LogP contribution in [0.5, 0.6) is 0 Å². The van der Waals surface area contributed by atoms with Crippen molar-refractivity contribution >= 4 is 53.2 Å². The fourth-order valence-corrected chi connectivity index (χ4v) is 7.94. The summed E-state index contributed by atoms with van der Waals surface area (Å²) in [6.07, 6.45) is 8.55. The van der Waals surface area contributed by atoms with Crippen molar-refractivity contribution in [2.45, 2.75) is 128 Å². The number of rotatable bonds is 20. The average molecular weight is 919 g/mol. The highest BCUT2D eigenvalue weighted by Crippen LogP contribution is 2.27. The van der Waals surface area contributed by atoms with Gasteiger partial charge in [-0.3, -0.25) is 43.3 Å². The van der Waals surface area contributed by atoms with E-state index in [0.29, 0.717) is 31.2 Å². The van der Waals surface area contributed by atoms with Gasteiger partial charge in [0.1, 0.15) is 29.4 Å². The van der Waals surface area contributed by atoms with E-state index in [9.17, 15) is 43.2 Å². The number of ketones is 1. The normalized spacial score (nSPS) is 18.0. The fraction of sp³-hybridized carbons (Fsp3) is 0.587.